The van der Waals surface area contributed by atoms with E-state index in [9.17, 15) is 12.8 Å². The van der Waals surface area contributed by atoms with Crippen LogP contribution >= 0.6 is 0 Å². The zero-order valence-electron chi connectivity index (χ0n) is 14.8. The SMILES string of the molecule is Cc1cc(C)c(CN2CCN(Cc3ccc(F)cc3)S2(=O)=O)c(C)c1. The molecule has 0 bridgehead atoms. The average Bonchev–Trinajstić information content (AvgIpc) is 2.80. The fourth-order valence-electron chi connectivity index (χ4n) is 3.37. The lowest BCUT2D eigenvalue weighted by Crippen LogP contribution is -2.32. The van der Waals surface area contributed by atoms with Crippen molar-refractivity contribution in [3.8, 4) is 0 Å². The summed E-state index contributed by atoms with van der Waals surface area (Å²) in [7, 11) is -3.51. The van der Waals surface area contributed by atoms with Gasteiger partial charge in [-0.15, -0.1) is 0 Å². The third-order valence-electron chi connectivity index (χ3n) is 4.70. The molecule has 0 saturated carbocycles. The Kier molecular flexibility index (Phi) is 4.95. The molecule has 2 aromatic rings. The first kappa shape index (κ1) is 18.0. The summed E-state index contributed by atoms with van der Waals surface area (Å²) in [4.78, 5) is 0. The summed E-state index contributed by atoms with van der Waals surface area (Å²) in [6.45, 7) is 7.66. The maximum Gasteiger partial charge on any atom is 0.282 e. The van der Waals surface area contributed by atoms with Crippen molar-refractivity contribution in [2.45, 2.75) is 33.9 Å². The highest BCUT2D eigenvalue weighted by Crippen LogP contribution is 2.25. The maximum absolute atomic E-state index is 13.0. The zero-order valence-corrected chi connectivity index (χ0v) is 15.6. The number of hydrogen-bond acceptors (Lipinski definition) is 2. The van der Waals surface area contributed by atoms with Gasteiger partial charge in [0, 0.05) is 26.2 Å². The van der Waals surface area contributed by atoms with Crippen LogP contribution in [0.4, 0.5) is 4.39 Å². The lowest BCUT2D eigenvalue weighted by atomic mass is 10.00. The number of hydrogen-bond donors (Lipinski definition) is 0. The Labute approximate surface area is 149 Å². The monoisotopic (exact) mass is 362 g/mol. The molecule has 1 aliphatic rings. The lowest BCUT2D eigenvalue weighted by Gasteiger charge is -2.21. The van der Waals surface area contributed by atoms with Gasteiger partial charge in [0.2, 0.25) is 0 Å². The summed E-state index contributed by atoms with van der Waals surface area (Å²) in [6, 6.07) is 10.1. The van der Waals surface area contributed by atoms with E-state index in [1.165, 1.54) is 26.3 Å². The molecule has 25 heavy (non-hydrogen) atoms. The molecule has 1 heterocycles. The normalized spacial score (nSPS) is 17.9. The number of halogens is 1. The Hall–Kier alpha value is -1.76. The minimum Gasteiger partial charge on any atom is -0.207 e. The second kappa shape index (κ2) is 6.86. The Morgan fingerprint density at radius 1 is 0.920 bits per heavy atom. The summed E-state index contributed by atoms with van der Waals surface area (Å²) >= 11 is 0. The molecule has 6 heteroatoms. The Morgan fingerprint density at radius 3 is 2.00 bits per heavy atom. The average molecular weight is 362 g/mol. The van der Waals surface area contributed by atoms with Gasteiger partial charge in [-0.05, 0) is 55.2 Å². The van der Waals surface area contributed by atoms with Gasteiger partial charge in [0.1, 0.15) is 5.82 Å². The van der Waals surface area contributed by atoms with Gasteiger partial charge in [-0.3, -0.25) is 0 Å². The van der Waals surface area contributed by atoms with E-state index < -0.39 is 10.2 Å². The zero-order chi connectivity index (χ0) is 18.2. The van der Waals surface area contributed by atoms with Crippen molar-refractivity contribution in [3.63, 3.8) is 0 Å². The number of nitrogens with zero attached hydrogens (tertiary/aromatic N) is 2. The van der Waals surface area contributed by atoms with Crippen molar-refractivity contribution in [1.82, 2.24) is 8.61 Å². The van der Waals surface area contributed by atoms with E-state index in [1.807, 2.05) is 20.8 Å². The van der Waals surface area contributed by atoms with Gasteiger partial charge in [-0.25, -0.2) is 4.39 Å². The van der Waals surface area contributed by atoms with Gasteiger partial charge in [-0.1, -0.05) is 29.8 Å². The van der Waals surface area contributed by atoms with Crippen molar-refractivity contribution in [2.24, 2.45) is 0 Å². The fraction of sp³-hybridized carbons (Fsp3) is 0.368. The number of benzene rings is 2. The van der Waals surface area contributed by atoms with Crippen molar-refractivity contribution < 1.29 is 12.8 Å². The van der Waals surface area contributed by atoms with E-state index in [-0.39, 0.29) is 12.4 Å². The van der Waals surface area contributed by atoms with Crippen LogP contribution in [0.15, 0.2) is 36.4 Å². The first-order valence-electron chi connectivity index (χ1n) is 8.34. The van der Waals surface area contributed by atoms with Gasteiger partial charge in [0.05, 0.1) is 0 Å². The molecule has 1 saturated heterocycles. The molecule has 0 radical (unpaired) electrons. The highest BCUT2D eigenvalue weighted by Gasteiger charge is 2.36. The molecule has 1 fully saturated rings. The Balaban J connectivity index is 1.78. The molecule has 0 aliphatic carbocycles. The third-order valence-corrected chi connectivity index (χ3v) is 6.63. The summed E-state index contributed by atoms with van der Waals surface area (Å²) in [5.74, 6) is -0.319. The van der Waals surface area contributed by atoms with Gasteiger partial charge in [0.15, 0.2) is 0 Å². The minimum absolute atomic E-state index is 0.269. The highest BCUT2D eigenvalue weighted by molar-refractivity contribution is 7.86. The third kappa shape index (κ3) is 3.76. The molecule has 0 aromatic heterocycles. The minimum atomic E-state index is -3.51. The van der Waals surface area contributed by atoms with E-state index in [4.69, 9.17) is 0 Å². The van der Waals surface area contributed by atoms with Crippen LogP contribution in [-0.2, 0) is 23.3 Å². The molecule has 0 amide bonds. The molecule has 0 spiro atoms. The maximum atomic E-state index is 13.0. The Bertz CT molecular complexity index is 856. The van der Waals surface area contributed by atoms with Crippen LogP contribution in [0.2, 0.25) is 0 Å². The van der Waals surface area contributed by atoms with Gasteiger partial charge >= 0.3 is 0 Å². The van der Waals surface area contributed by atoms with Crippen LogP contribution in [-0.4, -0.2) is 30.1 Å². The number of rotatable bonds is 4. The topological polar surface area (TPSA) is 40.6 Å². The first-order chi connectivity index (χ1) is 11.8. The standard InChI is InChI=1S/C19H23FN2O2S/c1-14-10-15(2)19(16(3)11-14)13-22-9-8-21(25(22,23)24)12-17-4-6-18(20)7-5-17/h4-7,10-11H,8-9,12-13H2,1-3H3. The molecule has 0 atom stereocenters. The van der Waals surface area contributed by atoms with Gasteiger partial charge < -0.3 is 0 Å². The molecule has 134 valence electrons. The lowest BCUT2D eigenvalue weighted by molar-refractivity contribution is 0.436. The van der Waals surface area contributed by atoms with Crippen molar-refractivity contribution in [1.29, 1.82) is 0 Å². The van der Waals surface area contributed by atoms with Crippen molar-refractivity contribution in [3.05, 3.63) is 70.0 Å². The predicted octanol–water partition coefficient (Wildman–Crippen LogP) is 3.31. The second-order valence-electron chi connectivity index (χ2n) is 6.68. The van der Waals surface area contributed by atoms with E-state index in [1.54, 1.807) is 12.1 Å². The molecule has 1 aliphatic heterocycles. The van der Waals surface area contributed by atoms with Crippen LogP contribution < -0.4 is 0 Å². The van der Waals surface area contributed by atoms with Crippen LogP contribution in [0.1, 0.15) is 27.8 Å². The Morgan fingerprint density at radius 2 is 1.44 bits per heavy atom. The van der Waals surface area contributed by atoms with Crippen LogP contribution in [0.5, 0.6) is 0 Å². The molecular weight excluding hydrogens is 339 g/mol. The van der Waals surface area contributed by atoms with Crippen LogP contribution in [0, 0.1) is 26.6 Å². The van der Waals surface area contributed by atoms with Crippen LogP contribution in [0.3, 0.4) is 0 Å². The number of aryl methyl sites for hydroxylation is 3. The van der Waals surface area contributed by atoms with Crippen LogP contribution in [0.25, 0.3) is 0 Å². The van der Waals surface area contributed by atoms with Gasteiger partial charge in [-0.2, -0.15) is 17.0 Å². The summed E-state index contributed by atoms with van der Waals surface area (Å²) in [5.41, 5.74) is 5.27. The summed E-state index contributed by atoms with van der Waals surface area (Å²) in [6.07, 6.45) is 0. The summed E-state index contributed by atoms with van der Waals surface area (Å²) < 4.78 is 41.7. The van der Waals surface area contributed by atoms with E-state index >= 15 is 0 Å². The first-order valence-corrected chi connectivity index (χ1v) is 9.73. The molecule has 4 nitrogen and oxygen atoms in total. The van der Waals surface area contributed by atoms with Gasteiger partial charge in [0.25, 0.3) is 10.2 Å². The van der Waals surface area contributed by atoms with E-state index in [2.05, 4.69) is 12.1 Å². The summed E-state index contributed by atoms with van der Waals surface area (Å²) in [5, 5.41) is 0. The smallest absolute Gasteiger partial charge is 0.207 e. The molecule has 3 rings (SSSR count). The molecule has 0 unspecified atom stereocenters. The van der Waals surface area contributed by atoms with E-state index in [0.717, 1.165) is 22.3 Å². The van der Waals surface area contributed by atoms with Crippen molar-refractivity contribution >= 4 is 10.2 Å². The molecular formula is C19H23FN2O2S. The molecule has 2 aromatic carbocycles. The largest absolute Gasteiger partial charge is 0.282 e. The fourth-order valence-corrected chi connectivity index (χ4v) is 4.92. The quantitative estimate of drug-likeness (QED) is 0.837. The van der Waals surface area contributed by atoms with E-state index in [0.29, 0.717) is 19.6 Å². The second-order valence-corrected chi connectivity index (χ2v) is 8.61. The highest BCUT2D eigenvalue weighted by atomic mass is 32.2. The predicted molar refractivity (Wildman–Crippen MR) is 96.8 cm³/mol. The van der Waals surface area contributed by atoms with Crippen molar-refractivity contribution in [2.75, 3.05) is 13.1 Å². The molecule has 0 N–H and O–H groups in total.